The largest absolute Gasteiger partial charge is 0.467 e. The minimum Gasteiger partial charge on any atom is -0.467 e. The minimum atomic E-state index is 0.0458. The summed E-state index contributed by atoms with van der Waals surface area (Å²) in [7, 11) is 0. The molecule has 3 rings (SSSR count). The predicted molar refractivity (Wildman–Crippen MR) is 81.4 cm³/mol. The number of rotatable bonds is 6. The van der Waals surface area contributed by atoms with Crippen LogP contribution in [0.3, 0.4) is 0 Å². The molecule has 1 N–H and O–H groups in total. The van der Waals surface area contributed by atoms with Crippen LogP contribution < -0.4 is 5.32 Å². The lowest BCUT2D eigenvalue weighted by molar-refractivity contribution is -0.119. The zero-order valence-electron chi connectivity index (χ0n) is 12.3. The molecule has 2 heterocycles. The number of aromatic nitrogens is 4. The van der Waals surface area contributed by atoms with Crippen LogP contribution in [0.2, 0.25) is 0 Å². The zero-order valence-corrected chi connectivity index (χ0v) is 13.1. The van der Waals surface area contributed by atoms with Crippen molar-refractivity contribution in [3.8, 4) is 0 Å². The number of furan rings is 1. The second-order valence-electron chi connectivity index (χ2n) is 5.39. The number of hydrogen-bond acceptors (Lipinski definition) is 6. The van der Waals surface area contributed by atoms with Gasteiger partial charge in [0.05, 0.1) is 12.0 Å². The summed E-state index contributed by atoms with van der Waals surface area (Å²) in [5, 5.41) is 15.3. The van der Waals surface area contributed by atoms with Crippen molar-refractivity contribution in [2.45, 2.75) is 49.8 Å². The van der Waals surface area contributed by atoms with Gasteiger partial charge >= 0.3 is 0 Å². The second-order valence-corrected chi connectivity index (χ2v) is 6.33. The molecule has 118 valence electrons. The number of carbonyl (C=O) groups is 1. The van der Waals surface area contributed by atoms with Crippen molar-refractivity contribution < 1.29 is 9.21 Å². The van der Waals surface area contributed by atoms with E-state index in [2.05, 4.69) is 20.8 Å². The van der Waals surface area contributed by atoms with Gasteiger partial charge in [-0.3, -0.25) is 4.79 Å². The number of amides is 1. The number of nitrogens with zero attached hydrogens (tertiary/aromatic N) is 4. The van der Waals surface area contributed by atoms with E-state index in [1.165, 1.54) is 31.0 Å². The van der Waals surface area contributed by atoms with Crippen molar-refractivity contribution in [3.05, 3.63) is 24.2 Å². The van der Waals surface area contributed by atoms with Gasteiger partial charge in [-0.2, -0.15) is 0 Å². The van der Waals surface area contributed by atoms with Gasteiger partial charge in [-0.25, -0.2) is 4.68 Å². The Hall–Kier alpha value is -1.83. The number of carbonyl (C=O) groups excluding carboxylic acids is 1. The maximum Gasteiger partial charge on any atom is 0.230 e. The second kappa shape index (κ2) is 7.44. The summed E-state index contributed by atoms with van der Waals surface area (Å²) in [4.78, 5) is 12.0. The lowest BCUT2D eigenvalue weighted by Crippen LogP contribution is -2.37. The first-order chi connectivity index (χ1) is 10.8. The van der Waals surface area contributed by atoms with Crippen LogP contribution in [0.5, 0.6) is 0 Å². The molecule has 8 heteroatoms. The van der Waals surface area contributed by atoms with Crippen molar-refractivity contribution in [1.82, 2.24) is 25.5 Å². The van der Waals surface area contributed by atoms with Crippen LogP contribution >= 0.6 is 11.8 Å². The summed E-state index contributed by atoms with van der Waals surface area (Å²) in [5.74, 6) is 1.15. The van der Waals surface area contributed by atoms with Crippen molar-refractivity contribution in [2.75, 3.05) is 5.75 Å². The Balaban J connectivity index is 1.49. The maximum atomic E-state index is 12.0. The Morgan fingerprint density at radius 3 is 3.05 bits per heavy atom. The van der Waals surface area contributed by atoms with E-state index in [-0.39, 0.29) is 5.91 Å². The summed E-state index contributed by atoms with van der Waals surface area (Å²) in [6.45, 7) is 0.465. The number of hydrogen-bond donors (Lipinski definition) is 1. The van der Waals surface area contributed by atoms with E-state index in [1.807, 2.05) is 12.1 Å². The highest BCUT2D eigenvalue weighted by atomic mass is 32.2. The quantitative estimate of drug-likeness (QED) is 0.817. The monoisotopic (exact) mass is 321 g/mol. The van der Waals surface area contributed by atoms with E-state index in [9.17, 15) is 4.79 Å². The summed E-state index contributed by atoms with van der Waals surface area (Å²) < 4.78 is 6.92. The third-order valence-electron chi connectivity index (χ3n) is 3.69. The van der Waals surface area contributed by atoms with Gasteiger partial charge in [0.25, 0.3) is 0 Å². The van der Waals surface area contributed by atoms with Gasteiger partial charge in [-0.15, -0.1) is 5.10 Å². The fourth-order valence-electron chi connectivity index (χ4n) is 2.60. The Kier molecular flexibility index (Phi) is 5.10. The lowest BCUT2D eigenvalue weighted by Gasteiger charge is -2.22. The first-order valence-electron chi connectivity index (χ1n) is 7.52. The molecule has 0 spiro atoms. The highest BCUT2D eigenvalue weighted by Gasteiger charge is 2.17. The summed E-state index contributed by atoms with van der Waals surface area (Å²) in [6.07, 6.45) is 7.49. The highest BCUT2D eigenvalue weighted by molar-refractivity contribution is 7.99. The van der Waals surface area contributed by atoms with Crippen LogP contribution in [0.4, 0.5) is 0 Å². The average molecular weight is 321 g/mol. The lowest BCUT2D eigenvalue weighted by atomic mass is 9.95. The molecule has 2 aromatic rings. The summed E-state index contributed by atoms with van der Waals surface area (Å²) in [5.41, 5.74) is 0. The zero-order chi connectivity index (χ0) is 15.2. The van der Waals surface area contributed by atoms with Crippen LogP contribution in [0, 0.1) is 0 Å². The fraction of sp³-hybridized carbons (Fsp3) is 0.571. The van der Waals surface area contributed by atoms with Crippen LogP contribution in [0.25, 0.3) is 0 Å². The van der Waals surface area contributed by atoms with Gasteiger partial charge in [0, 0.05) is 6.04 Å². The molecule has 0 saturated heterocycles. The molecule has 2 aromatic heterocycles. The van der Waals surface area contributed by atoms with Crippen LogP contribution in [-0.4, -0.2) is 37.9 Å². The van der Waals surface area contributed by atoms with Gasteiger partial charge < -0.3 is 9.73 Å². The van der Waals surface area contributed by atoms with Crippen molar-refractivity contribution >= 4 is 17.7 Å². The van der Waals surface area contributed by atoms with Crippen LogP contribution in [-0.2, 0) is 11.3 Å². The van der Waals surface area contributed by atoms with E-state index >= 15 is 0 Å². The average Bonchev–Trinajstić information content (AvgIpc) is 3.19. The Morgan fingerprint density at radius 2 is 2.27 bits per heavy atom. The minimum absolute atomic E-state index is 0.0458. The number of thioether (sulfide) groups is 1. The Labute approximate surface area is 132 Å². The summed E-state index contributed by atoms with van der Waals surface area (Å²) in [6, 6.07) is 4.02. The smallest absolute Gasteiger partial charge is 0.230 e. The van der Waals surface area contributed by atoms with E-state index in [0.29, 0.717) is 23.5 Å². The van der Waals surface area contributed by atoms with Gasteiger partial charge in [-0.1, -0.05) is 31.0 Å². The van der Waals surface area contributed by atoms with Crippen LogP contribution in [0.15, 0.2) is 28.0 Å². The number of tetrazole rings is 1. The molecule has 0 atom stereocenters. The van der Waals surface area contributed by atoms with E-state index in [4.69, 9.17) is 4.42 Å². The molecule has 1 saturated carbocycles. The Morgan fingerprint density at radius 1 is 1.41 bits per heavy atom. The molecule has 0 unspecified atom stereocenters. The van der Waals surface area contributed by atoms with Crippen molar-refractivity contribution in [1.29, 1.82) is 0 Å². The van der Waals surface area contributed by atoms with Crippen molar-refractivity contribution in [3.63, 3.8) is 0 Å². The van der Waals surface area contributed by atoms with Gasteiger partial charge in [0.15, 0.2) is 0 Å². The molecule has 0 aromatic carbocycles. The molecular weight excluding hydrogens is 302 g/mol. The van der Waals surface area contributed by atoms with Gasteiger partial charge in [0.2, 0.25) is 11.1 Å². The number of nitrogens with one attached hydrogen (secondary N) is 1. The molecule has 0 radical (unpaired) electrons. The third kappa shape index (κ3) is 4.09. The van der Waals surface area contributed by atoms with E-state index in [0.717, 1.165) is 18.6 Å². The molecule has 1 aliphatic carbocycles. The summed E-state index contributed by atoms with van der Waals surface area (Å²) >= 11 is 1.35. The molecule has 0 aliphatic heterocycles. The third-order valence-corrected chi connectivity index (χ3v) is 4.64. The maximum absolute atomic E-state index is 12.0. The molecule has 1 aliphatic rings. The van der Waals surface area contributed by atoms with E-state index in [1.54, 1.807) is 10.9 Å². The molecule has 22 heavy (non-hydrogen) atoms. The van der Waals surface area contributed by atoms with Crippen molar-refractivity contribution in [2.24, 2.45) is 0 Å². The van der Waals surface area contributed by atoms with Gasteiger partial charge in [-0.05, 0) is 35.4 Å². The normalized spacial score (nSPS) is 15.8. The Bertz CT molecular complexity index is 592. The first-order valence-corrected chi connectivity index (χ1v) is 8.50. The topological polar surface area (TPSA) is 85.8 Å². The SMILES string of the molecule is O=C(CSc1nnnn1Cc1ccco1)NC1CCCCC1. The molecule has 7 nitrogen and oxygen atoms in total. The van der Waals surface area contributed by atoms with E-state index < -0.39 is 0 Å². The standard InChI is InChI=1S/C14H19N5O2S/c20-13(15-11-5-2-1-3-6-11)10-22-14-16-17-18-19(14)9-12-7-4-8-21-12/h4,7-8,11H,1-3,5-6,9-10H2,(H,15,20). The predicted octanol–water partition coefficient (Wildman–Crippen LogP) is 1.86. The first kappa shape index (κ1) is 15.1. The van der Waals surface area contributed by atoms with Gasteiger partial charge in [0.1, 0.15) is 12.3 Å². The molecule has 1 fully saturated rings. The highest BCUT2D eigenvalue weighted by Crippen LogP contribution is 2.18. The molecule has 1 amide bonds. The molecular formula is C14H19N5O2S. The molecule has 0 bridgehead atoms. The van der Waals surface area contributed by atoms with Crippen LogP contribution in [0.1, 0.15) is 37.9 Å². The fourth-order valence-corrected chi connectivity index (χ4v) is 3.28.